The van der Waals surface area contributed by atoms with Gasteiger partial charge in [0.1, 0.15) is 0 Å². The van der Waals surface area contributed by atoms with E-state index in [0.29, 0.717) is 6.61 Å². The van der Waals surface area contributed by atoms with E-state index in [0.717, 1.165) is 6.42 Å². The molecule has 0 bridgehead atoms. The van der Waals surface area contributed by atoms with Gasteiger partial charge in [-0.15, -0.1) is 0 Å². The van der Waals surface area contributed by atoms with E-state index in [2.05, 4.69) is 22.5 Å². The fourth-order valence-corrected chi connectivity index (χ4v) is 4.46. The van der Waals surface area contributed by atoms with Crippen LogP contribution in [0.15, 0.2) is 12.7 Å². The van der Waals surface area contributed by atoms with Crippen molar-refractivity contribution in [1.29, 1.82) is 0 Å². The van der Waals surface area contributed by atoms with E-state index in [1.54, 1.807) is 0 Å². The molecule has 0 aromatic rings. The zero-order valence-corrected chi connectivity index (χ0v) is 16.6. The van der Waals surface area contributed by atoms with Gasteiger partial charge in [0, 0.05) is 15.6 Å². The van der Waals surface area contributed by atoms with Gasteiger partial charge in [-0.25, -0.2) is 4.79 Å². The van der Waals surface area contributed by atoms with Crippen molar-refractivity contribution in [3.63, 3.8) is 0 Å². The minimum absolute atomic E-state index is 0.240. The Morgan fingerprint density at radius 3 is 1.86 bits per heavy atom. The van der Waals surface area contributed by atoms with E-state index >= 15 is 0 Å². The predicted molar refractivity (Wildman–Crippen MR) is 99.1 cm³/mol. The molecule has 0 amide bonds. The fourth-order valence-electron chi connectivity index (χ4n) is 2.37. The number of rotatable bonds is 16. The summed E-state index contributed by atoms with van der Waals surface area (Å²) in [4.78, 5) is 12.1. The molecule has 0 saturated heterocycles. The maximum absolute atomic E-state index is 10.8. The number of ether oxygens (including phenoxy) is 1. The molecule has 0 heterocycles. The van der Waals surface area contributed by atoms with Gasteiger partial charge < -0.3 is 4.74 Å². The van der Waals surface area contributed by atoms with Crippen LogP contribution in [0.3, 0.4) is 0 Å². The number of unbranched alkanes of at least 4 members (excludes halogenated alkanes) is 10. The highest BCUT2D eigenvalue weighted by atomic mass is 79.9. The first-order valence-corrected chi connectivity index (χ1v) is 11.8. The van der Waals surface area contributed by atoms with Gasteiger partial charge in [0.15, 0.2) is 0 Å². The number of hydrogen-bond acceptors (Lipinski definition) is 2. The van der Waals surface area contributed by atoms with E-state index in [1.165, 1.54) is 81.3 Å². The molecule has 0 N–H and O–H groups in total. The van der Waals surface area contributed by atoms with Gasteiger partial charge >= 0.3 is 5.97 Å². The van der Waals surface area contributed by atoms with Crippen LogP contribution in [0.5, 0.6) is 0 Å². The van der Waals surface area contributed by atoms with Gasteiger partial charge in [-0.1, -0.05) is 92.8 Å². The molecular weight excluding hydrogens is 344 g/mol. The molecule has 0 rings (SSSR count). The second kappa shape index (κ2) is 18.0. The number of hydrogen-bond donors (Lipinski definition) is 0. The molecule has 0 unspecified atom stereocenters. The Morgan fingerprint density at radius 2 is 1.38 bits per heavy atom. The van der Waals surface area contributed by atoms with Gasteiger partial charge in [0.05, 0.1) is 6.61 Å². The molecule has 0 fully saturated rings. The van der Waals surface area contributed by atoms with Crippen molar-refractivity contribution in [2.75, 3.05) is 11.6 Å². The minimum Gasteiger partial charge on any atom is -0.463 e. The largest absolute Gasteiger partial charge is 0.463 e. The standard InChI is InChI=1S/C17H33BrO2Si/c1-2-17(19)20-14-12-10-8-6-4-3-5-7-9-11-13-15-21-16-18/h2H,1,3-16,21H2. The number of halogens is 1. The van der Waals surface area contributed by atoms with E-state index in [-0.39, 0.29) is 15.5 Å². The zero-order chi connectivity index (χ0) is 15.6. The van der Waals surface area contributed by atoms with E-state index in [9.17, 15) is 4.79 Å². The molecular formula is C17H33BrO2Si. The van der Waals surface area contributed by atoms with Crippen LogP contribution in [-0.4, -0.2) is 27.0 Å². The Kier molecular flexibility index (Phi) is 17.9. The SMILES string of the molecule is C=CC(=O)OCCCCCCCCCCCCC[SiH2]CBr. The summed E-state index contributed by atoms with van der Waals surface area (Å²) in [5.74, 6) is -0.301. The molecule has 0 aromatic carbocycles. The maximum Gasteiger partial charge on any atom is 0.330 e. The fraction of sp³-hybridized carbons (Fsp3) is 0.824. The summed E-state index contributed by atoms with van der Waals surface area (Å²) in [5.41, 5.74) is 0. The molecule has 124 valence electrons. The normalized spacial score (nSPS) is 11.1. The third-order valence-corrected chi connectivity index (χ3v) is 6.64. The molecule has 0 aliphatic carbocycles. The number of esters is 1. The van der Waals surface area contributed by atoms with Gasteiger partial charge in [-0.05, 0) is 11.4 Å². The van der Waals surface area contributed by atoms with Crippen molar-refractivity contribution in [2.45, 2.75) is 76.7 Å². The molecule has 21 heavy (non-hydrogen) atoms. The van der Waals surface area contributed by atoms with Crippen LogP contribution < -0.4 is 0 Å². The smallest absolute Gasteiger partial charge is 0.330 e. The Balaban J connectivity index is 2.99. The van der Waals surface area contributed by atoms with Gasteiger partial charge in [0.25, 0.3) is 0 Å². The zero-order valence-electron chi connectivity index (χ0n) is 13.6. The van der Waals surface area contributed by atoms with Crippen LogP contribution in [0.1, 0.15) is 70.6 Å². The molecule has 2 nitrogen and oxygen atoms in total. The van der Waals surface area contributed by atoms with E-state index in [1.807, 2.05) is 0 Å². The average Bonchev–Trinajstić information content (AvgIpc) is 2.50. The number of carbonyl (C=O) groups is 1. The molecule has 0 radical (unpaired) electrons. The van der Waals surface area contributed by atoms with Gasteiger partial charge in [-0.2, -0.15) is 0 Å². The quantitative estimate of drug-likeness (QED) is 0.125. The Bertz CT molecular complexity index is 247. The average molecular weight is 377 g/mol. The van der Waals surface area contributed by atoms with Crippen molar-refractivity contribution in [3.05, 3.63) is 12.7 Å². The third-order valence-electron chi connectivity index (χ3n) is 3.69. The Hall–Kier alpha value is -0.0931. The molecule has 0 saturated carbocycles. The second-order valence-electron chi connectivity index (χ2n) is 5.66. The highest BCUT2D eigenvalue weighted by Crippen LogP contribution is 2.12. The monoisotopic (exact) mass is 376 g/mol. The first-order chi connectivity index (χ1) is 10.3. The van der Waals surface area contributed by atoms with Crippen molar-refractivity contribution >= 4 is 31.4 Å². The Morgan fingerprint density at radius 1 is 0.905 bits per heavy atom. The highest BCUT2D eigenvalue weighted by Gasteiger charge is 1.96. The first-order valence-electron chi connectivity index (χ1n) is 8.66. The summed E-state index contributed by atoms with van der Waals surface area (Å²) in [6.07, 6.45) is 15.9. The topological polar surface area (TPSA) is 26.3 Å². The Labute approximate surface area is 142 Å². The lowest BCUT2D eigenvalue weighted by molar-refractivity contribution is -0.137. The van der Waals surface area contributed by atoms with Crippen molar-refractivity contribution in [2.24, 2.45) is 0 Å². The van der Waals surface area contributed by atoms with Crippen LogP contribution in [0, 0.1) is 0 Å². The summed E-state index contributed by atoms with van der Waals surface area (Å²) in [7, 11) is 0.240. The lowest BCUT2D eigenvalue weighted by atomic mass is 10.1. The molecule has 0 aromatic heterocycles. The number of carbonyl (C=O) groups excluding carboxylic acids is 1. The second-order valence-corrected chi connectivity index (χ2v) is 9.83. The lowest BCUT2D eigenvalue weighted by Gasteiger charge is -2.03. The van der Waals surface area contributed by atoms with Crippen LogP contribution in [-0.2, 0) is 9.53 Å². The van der Waals surface area contributed by atoms with Crippen LogP contribution in [0.25, 0.3) is 0 Å². The van der Waals surface area contributed by atoms with Crippen LogP contribution in [0.4, 0.5) is 0 Å². The van der Waals surface area contributed by atoms with Crippen LogP contribution >= 0.6 is 15.9 Å². The minimum atomic E-state index is -0.301. The summed E-state index contributed by atoms with van der Waals surface area (Å²) in [6.45, 7) is 3.92. The summed E-state index contributed by atoms with van der Waals surface area (Å²) >= 11 is 3.53. The summed E-state index contributed by atoms with van der Waals surface area (Å²) in [5, 5.41) is 0. The van der Waals surface area contributed by atoms with Crippen LogP contribution in [0.2, 0.25) is 6.04 Å². The molecule has 0 aliphatic rings. The third kappa shape index (κ3) is 17.9. The maximum atomic E-state index is 10.8. The van der Waals surface area contributed by atoms with Crippen molar-refractivity contribution in [3.8, 4) is 0 Å². The van der Waals surface area contributed by atoms with Gasteiger partial charge in [0.2, 0.25) is 0 Å². The molecule has 4 heteroatoms. The van der Waals surface area contributed by atoms with E-state index < -0.39 is 0 Å². The number of alkyl halides is 1. The molecule has 0 atom stereocenters. The molecule has 0 spiro atoms. The highest BCUT2D eigenvalue weighted by molar-refractivity contribution is 9.09. The molecule has 0 aliphatic heterocycles. The lowest BCUT2D eigenvalue weighted by Crippen LogP contribution is -2.01. The van der Waals surface area contributed by atoms with Crippen molar-refractivity contribution in [1.82, 2.24) is 0 Å². The summed E-state index contributed by atoms with van der Waals surface area (Å²) < 4.78 is 4.94. The first kappa shape index (κ1) is 20.9. The van der Waals surface area contributed by atoms with E-state index in [4.69, 9.17) is 4.74 Å². The summed E-state index contributed by atoms with van der Waals surface area (Å²) in [6, 6.07) is 1.52. The van der Waals surface area contributed by atoms with Crippen molar-refractivity contribution < 1.29 is 9.53 Å². The predicted octanol–water partition coefficient (Wildman–Crippen LogP) is 4.95. The van der Waals surface area contributed by atoms with Gasteiger partial charge in [-0.3, -0.25) is 0 Å².